The Hall–Kier alpha value is -5.14. The second-order valence-electron chi connectivity index (χ2n) is 19.9. The molecule has 0 aromatic carbocycles. The highest BCUT2D eigenvalue weighted by Crippen LogP contribution is 2.32. The van der Waals surface area contributed by atoms with E-state index in [4.69, 9.17) is 49.9 Å². The number of carbonyl (C=O) groups is 4. The van der Waals surface area contributed by atoms with Gasteiger partial charge in [-0.05, 0) is 87.0 Å². The summed E-state index contributed by atoms with van der Waals surface area (Å²) in [6.45, 7) is 25.3. The number of hydrogen-bond acceptors (Lipinski definition) is 18. The number of hydrogen-bond donors (Lipinski definition) is 4. The van der Waals surface area contributed by atoms with Gasteiger partial charge in [0.1, 0.15) is 11.2 Å². The number of aromatic nitrogens is 4. The van der Waals surface area contributed by atoms with Crippen LogP contribution in [0.5, 0.6) is 0 Å². The number of nitrogens with one attached hydrogen (secondary N) is 1. The molecule has 2 aromatic rings. The predicted octanol–water partition coefficient (Wildman–Crippen LogP) is 5.78. The van der Waals surface area contributed by atoms with Crippen LogP contribution in [0.3, 0.4) is 0 Å². The second kappa shape index (κ2) is 27.8. The predicted molar refractivity (Wildman–Crippen MR) is 285 cm³/mol. The van der Waals surface area contributed by atoms with Gasteiger partial charge < -0.3 is 56.3 Å². The molecule has 0 saturated carbocycles. The number of carbonyl (C=O) groups excluding carboxylic acids is 4. The molecule has 6 heterocycles. The van der Waals surface area contributed by atoms with Crippen LogP contribution < -0.4 is 32.3 Å². The topological polar surface area (TPSA) is 257 Å². The quantitative estimate of drug-likeness (QED) is 0.125. The van der Waals surface area contributed by atoms with E-state index in [0.717, 1.165) is 71.2 Å². The molecule has 72 heavy (non-hydrogen) atoms. The largest absolute Gasteiger partial charge is 0.464 e. The van der Waals surface area contributed by atoms with Crippen LogP contribution >= 0.6 is 23.2 Å². The van der Waals surface area contributed by atoms with Gasteiger partial charge in [0, 0.05) is 103 Å². The van der Waals surface area contributed by atoms with Crippen molar-refractivity contribution >= 4 is 70.5 Å². The molecule has 21 nitrogen and oxygen atoms in total. The van der Waals surface area contributed by atoms with Crippen LogP contribution in [0.25, 0.3) is 0 Å². The van der Waals surface area contributed by atoms with Crippen LogP contribution in [-0.2, 0) is 14.2 Å². The van der Waals surface area contributed by atoms with Crippen LogP contribution in [-0.4, -0.2) is 185 Å². The fourth-order valence-electron chi connectivity index (χ4n) is 9.15. The van der Waals surface area contributed by atoms with Gasteiger partial charge in [0.25, 0.3) is 5.91 Å². The van der Waals surface area contributed by atoms with Crippen molar-refractivity contribution in [2.75, 3.05) is 107 Å². The molecule has 0 unspecified atom stereocenters. The van der Waals surface area contributed by atoms with E-state index in [9.17, 15) is 19.2 Å². The van der Waals surface area contributed by atoms with E-state index in [-0.39, 0.29) is 52.9 Å². The molecule has 4 aliphatic heterocycles. The van der Waals surface area contributed by atoms with Crippen LogP contribution in [0.2, 0.25) is 10.3 Å². The van der Waals surface area contributed by atoms with Crippen LogP contribution in [0, 0.1) is 12.3 Å². The maximum absolute atomic E-state index is 12.4. The molecule has 4 aliphatic rings. The average Bonchev–Trinajstić information content (AvgIpc) is 3.33. The van der Waals surface area contributed by atoms with E-state index in [1.165, 1.54) is 7.11 Å². The van der Waals surface area contributed by atoms with Gasteiger partial charge in [-0.25, -0.2) is 34.3 Å². The van der Waals surface area contributed by atoms with Crippen LogP contribution in [0.1, 0.15) is 129 Å². The normalized spacial score (nSPS) is 19.3. The molecular formula is C49H82Cl2N14O7. The number of nitrogens with two attached hydrogens (primary N) is 3. The number of esters is 1. The first-order valence-corrected chi connectivity index (χ1v) is 25.3. The molecule has 2 atom stereocenters. The summed E-state index contributed by atoms with van der Waals surface area (Å²) in [7, 11) is 1.26. The molecule has 3 amide bonds. The van der Waals surface area contributed by atoms with Gasteiger partial charge in [-0.3, -0.25) is 14.6 Å². The molecule has 404 valence electrons. The van der Waals surface area contributed by atoms with Gasteiger partial charge in [0.05, 0.1) is 7.11 Å². The third kappa shape index (κ3) is 17.0. The molecule has 23 heteroatoms. The lowest BCUT2D eigenvalue weighted by atomic mass is 9.98. The Labute approximate surface area is 437 Å². The van der Waals surface area contributed by atoms with Crippen LogP contribution in [0.15, 0.2) is 0 Å². The Balaban J connectivity index is 0.000000356. The molecule has 4 saturated heterocycles. The molecule has 0 aliphatic carbocycles. The average molecular weight is 1050 g/mol. The molecule has 0 radical (unpaired) electrons. The van der Waals surface area contributed by atoms with Gasteiger partial charge in [0.15, 0.2) is 45.0 Å². The van der Waals surface area contributed by atoms with E-state index in [0.29, 0.717) is 81.6 Å². The number of ether oxygens (including phenoxy) is 3. The number of methoxy groups -OCH3 is 1. The summed E-state index contributed by atoms with van der Waals surface area (Å²) in [6.07, 6.45) is 9.70. The van der Waals surface area contributed by atoms with Gasteiger partial charge in [0.2, 0.25) is 0 Å². The third-order valence-electron chi connectivity index (χ3n) is 12.5. The smallest absolute Gasteiger partial charge is 0.410 e. The summed E-state index contributed by atoms with van der Waals surface area (Å²) in [5, 5.41) is 2.93. The van der Waals surface area contributed by atoms with Crippen molar-refractivity contribution < 1.29 is 33.4 Å². The number of rotatable bonds is 10. The first-order chi connectivity index (χ1) is 33.5. The van der Waals surface area contributed by atoms with Gasteiger partial charge >= 0.3 is 18.2 Å². The molecule has 2 aromatic heterocycles. The zero-order valence-corrected chi connectivity index (χ0v) is 44.9. The minimum atomic E-state index is -0.664. The highest BCUT2D eigenvalue weighted by atomic mass is 35.5. The summed E-state index contributed by atoms with van der Waals surface area (Å²) in [5.74, 6) is 2.18. The highest BCUT2D eigenvalue weighted by Gasteiger charge is 2.38. The molecule has 6 rings (SSSR count). The Bertz CT molecular complexity index is 2150. The lowest BCUT2D eigenvalue weighted by Gasteiger charge is -2.47. The Morgan fingerprint density at radius 2 is 1.07 bits per heavy atom. The van der Waals surface area contributed by atoms with Crippen molar-refractivity contribution in [1.29, 1.82) is 0 Å². The maximum atomic E-state index is 12.4. The lowest BCUT2D eigenvalue weighted by Crippen LogP contribution is -2.59. The summed E-state index contributed by atoms with van der Waals surface area (Å²) >= 11 is 12.8. The number of halogens is 2. The van der Waals surface area contributed by atoms with Crippen molar-refractivity contribution in [1.82, 2.24) is 44.9 Å². The number of piperazine rings is 2. The molecule has 4 fully saturated rings. The fraction of sp³-hybridized carbons (Fsp3) is 0.714. The van der Waals surface area contributed by atoms with Crippen LogP contribution in [0.4, 0.5) is 32.9 Å². The van der Waals surface area contributed by atoms with E-state index >= 15 is 0 Å². The summed E-state index contributed by atoms with van der Waals surface area (Å²) < 4.78 is 15.7. The number of anilines is 4. The Morgan fingerprint density at radius 1 is 0.694 bits per heavy atom. The van der Waals surface area contributed by atoms with Crippen molar-refractivity contribution in [2.24, 2.45) is 5.73 Å². The monoisotopic (exact) mass is 1050 g/mol. The third-order valence-corrected chi connectivity index (χ3v) is 13.0. The van der Waals surface area contributed by atoms with Gasteiger partial charge in [-0.2, -0.15) is 0 Å². The summed E-state index contributed by atoms with van der Waals surface area (Å²) in [6, 6.07) is 1.41. The minimum Gasteiger partial charge on any atom is -0.464 e. The Morgan fingerprint density at radius 3 is 1.42 bits per heavy atom. The molecular weight excluding hydrogens is 968 g/mol. The number of nitrogens with zero attached hydrogens (tertiary/aromatic N) is 10. The molecule has 7 N–H and O–H groups in total. The molecule has 0 spiro atoms. The SMILES string of the molecule is C.C#CC.CC[C@H]1CN(c2nc(N)c(C(=O)NCCN)nc2Cl)CCN1C1CCN(C(=O)OC(C)(C)C)CC1.CC[C@H]1CN(c2nc(N)c(C(=O)OC)nc2Cl)CCN1C1CCN(C(=O)OC(C)(C)C)CC1. The van der Waals surface area contributed by atoms with E-state index < -0.39 is 23.1 Å². The first kappa shape index (κ1) is 61.2. The minimum absolute atomic E-state index is 0. The summed E-state index contributed by atoms with van der Waals surface area (Å²) in [5.41, 5.74) is 16.4. The number of nitrogen functional groups attached to an aromatic ring is 2. The number of terminal acetylenes is 1. The lowest BCUT2D eigenvalue weighted by molar-refractivity contribution is 0.00848. The fourth-order valence-corrected chi connectivity index (χ4v) is 9.64. The van der Waals surface area contributed by atoms with Gasteiger partial charge in [-0.15, -0.1) is 12.3 Å². The highest BCUT2D eigenvalue weighted by molar-refractivity contribution is 6.32. The number of piperidine rings is 2. The maximum Gasteiger partial charge on any atom is 0.410 e. The first-order valence-electron chi connectivity index (χ1n) is 24.6. The van der Waals surface area contributed by atoms with E-state index in [1.54, 1.807) is 11.8 Å². The van der Waals surface area contributed by atoms with E-state index in [1.807, 2.05) is 46.4 Å². The summed E-state index contributed by atoms with van der Waals surface area (Å²) in [4.78, 5) is 78.9. The van der Waals surface area contributed by atoms with Crippen molar-refractivity contribution in [3.63, 3.8) is 0 Å². The van der Waals surface area contributed by atoms with Crippen molar-refractivity contribution in [3.8, 4) is 12.3 Å². The van der Waals surface area contributed by atoms with Crippen molar-refractivity contribution in [3.05, 3.63) is 21.7 Å². The second-order valence-corrected chi connectivity index (χ2v) is 20.6. The zero-order valence-electron chi connectivity index (χ0n) is 43.4. The molecule has 0 bridgehead atoms. The van der Waals surface area contributed by atoms with Crippen molar-refractivity contribution in [2.45, 2.75) is 144 Å². The number of amides is 3. The number of likely N-dealkylation sites (tertiary alicyclic amines) is 2. The Kier molecular flexibility index (Phi) is 23.6. The van der Waals surface area contributed by atoms with E-state index in [2.05, 4.69) is 75.8 Å². The van der Waals surface area contributed by atoms with Gasteiger partial charge in [-0.1, -0.05) is 44.5 Å². The standard InChI is InChI=1S/C23H39ClN8O3.C22H35ClN6O4.C3H4.CH4/c1-5-15-14-31(20-18(24)28-17(19(26)29-20)21(33)27-9-8-25)12-13-32(15)16-6-10-30(11-7-16)22(34)35-23(2,3)4;1-6-14-13-28(19-17(23)25-16(18(24)26-19)20(30)32-5)11-12-29(14)15-7-9-27(10-8-15)21(31)33-22(2,3)4;1-3-2;/h15-16H,5-14,25H2,1-4H3,(H2,26,29)(H,27,33);14-15H,6-13H2,1-5H3,(H2,24,26);1H,2H3;1H4/t15-;14-;;/m00../s1. The zero-order chi connectivity index (χ0) is 52.8.